The van der Waals surface area contributed by atoms with Crippen LogP contribution in [0.2, 0.25) is 0 Å². The second-order valence-electron chi connectivity index (χ2n) is 4.61. The molecule has 2 heterocycles. The number of nitrogens with one attached hydrogen (secondary N) is 1. The normalized spacial score (nSPS) is 10.8. The minimum Gasteiger partial charge on any atom is -0.472 e. The molecule has 3 rings (SSSR count). The average molecular weight is 286 g/mol. The van der Waals surface area contributed by atoms with Crippen molar-refractivity contribution in [2.45, 2.75) is 13.5 Å². The molecule has 108 valence electrons. The molecule has 0 aliphatic rings. The maximum absolute atomic E-state index is 11.7. The number of hydrogen-bond donors (Lipinski definition) is 1. The van der Waals surface area contributed by atoms with E-state index in [1.807, 2.05) is 26.1 Å². The summed E-state index contributed by atoms with van der Waals surface area (Å²) >= 11 is 0. The lowest BCUT2D eigenvalue weighted by molar-refractivity contribution is 0.289. The van der Waals surface area contributed by atoms with Crippen LogP contribution in [0.15, 0.2) is 35.3 Å². The SMILES string of the molecule is Cc1cccc(-n2nn[nH]c2=O)c1COc1ccn(C)n1. The summed E-state index contributed by atoms with van der Waals surface area (Å²) in [7, 11) is 1.82. The van der Waals surface area contributed by atoms with Gasteiger partial charge in [-0.1, -0.05) is 12.1 Å². The first-order chi connectivity index (χ1) is 10.1. The summed E-state index contributed by atoms with van der Waals surface area (Å²) in [5.74, 6) is 0.527. The molecule has 0 radical (unpaired) electrons. The van der Waals surface area contributed by atoms with Gasteiger partial charge in [-0.2, -0.15) is 4.68 Å². The maximum atomic E-state index is 11.7. The van der Waals surface area contributed by atoms with Crippen molar-refractivity contribution in [3.05, 3.63) is 52.1 Å². The molecule has 0 amide bonds. The molecule has 1 aromatic carbocycles. The first-order valence-electron chi connectivity index (χ1n) is 6.37. The summed E-state index contributed by atoms with van der Waals surface area (Å²) in [6.45, 7) is 2.24. The van der Waals surface area contributed by atoms with E-state index in [1.165, 1.54) is 4.68 Å². The highest BCUT2D eigenvalue weighted by Gasteiger charge is 2.12. The predicted molar refractivity (Wildman–Crippen MR) is 74.3 cm³/mol. The van der Waals surface area contributed by atoms with Crippen molar-refractivity contribution in [1.82, 2.24) is 30.0 Å². The van der Waals surface area contributed by atoms with Gasteiger partial charge in [-0.05, 0) is 29.0 Å². The number of aromatic amines is 1. The molecule has 2 aromatic heterocycles. The van der Waals surface area contributed by atoms with Crippen LogP contribution in [0, 0.1) is 6.92 Å². The van der Waals surface area contributed by atoms with Gasteiger partial charge in [-0.3, -0.25) is 4.68 Å². The number of ether oxygens (including phenoxy) is 1. The van der Waals surface area contributed by atoms with Gasteiger partial charge in [0.15, 0.2) is 0 Å². The predicted octanol–water partition coefficient (Wildman–Crippen LogP) is 0.577. The summed E-state index contributed by atoms with van der Waals surface area (Å²) in [6.07, 6.45) is 1.80. The molecule has 0 spiro atoms. The molecule has 0 saturated carbocycles. The van der Waals surface area contributed by atoms with Crippen LogP contribution < -0.4 is 10.4 Å². The Labute approximate surface area is 120 Å². The summed E-state index contributed by atoms with van der Waals surface area (Å²) in [5.41, 5.74) is 2.11. The molecule has 1 N–H and O–H groups in total. The summed E-state index contributed by atoms with van der Waals surface area (Å²) in [6, 6.07) is 7.38. The van der Waals surface area contributed by atoms with Crippen molar-refractivity contribution in [3.63, 3.8) is 0 Å². The second-order valence-corrected chi connectivity index (χ2v) is 4.61. The molecule has 8 heteroatoms. The van der Waals surface area contributed by atoms with Crippen LogP contribution in [-0.2, 0) is 13.7 Å². The number of rotatable bonds is 4. The lowest BCUT2D eigenvalue weighted by Gasteiger charge is -2.11. The molecular formula is C13H14N6O2. The van der Waals surface area contributed by atoms with Gasteiger partial charge in [0.1, 0.15) is 6.61 Å². The van der Waals surface area contributed by atoms with E-state index in [2.05, 4.69) is 20.6 Å². The molecule has 3 aromatic rings. The van der Waals surface area contributed by atoms with E-state index in [4.69, 9.17) is 4.74 Å². The molecule has 0 aliphatic carbocycles. The topological polar surface area (TPSA) is 90.6 Å². The standard InChI is InChI=1S/C13H14N6O2/c1-9-4-3-5-11(19-13(20)14-16-17-19)10(9)8-21-12-6-7-18(2)15-12/h3-7H,8H2,1-2H3,(H,14,17,20). The first kappa shape index (κ1) is 13.1. The Bertz CT molecular complexity index is 816. The van der Waals surface area contributed by atoms with Crippen LogP contribution >= 0.6 is 0 Å². The highest BCUT2D eigenvalue weighted by molar-refractivity contribution is 5.44. The third kappa shape index (κ3) is 2.55. The summed E-state index contributed by atoms with van der Waals surface area (Å²) in [4.78, 5) is 11.7. The molecular weight excluding hydrogens is 272 g/mol. The third-order valence-corrected chi connectivity index (χ3v) is 3.14. The van der Waals surface area contributed by atoms with E-state index in [-0.39, 0.29) is 12.3 Å². The quantitative estimate of drug-likeness (QED) is 0.757. The van der Waals surface area contributed by atoms with E-state index in [0.29, 0.717) is 11.6 Å². The van der Waals surface area contributed by atoms with Gasteiger partial charge >= 0.3 is 5.69 Å². The first-order valence-corrected chi connectivity index (χ1v) is 6.37. The molecule has 21 heavy (non-hydrogen) atoms. The zero-order chi connectivity index (χ0) is 14.8. The lowest BCUT2D eigenvalue weighted by Crippen LogP contribution is -2.18. The smallest absolute Gasteiger partial charge is 0.365 e. The monoisotopic (exact) mass is 286 g/mol. The number of H-pyrrole nitrogens is 1. The number of nitrogens with zero attached hydrogens (tertiary/aromatic N) is 5. The number of tetrazole rings is 1. The van der Waals surface area contributed by atoms with Crippen molar-refractivity contribution in [1.29, 1.82) is 0 Å². The highest BCUT2D eigenvalue weighted by atomic mass is 16.5. The van der Waals surface area contributed by atoms with Gasteiger partial charge in [0.25, 0.3) is 0 Å². The fraction of sp³-hybridized carbons (Fsp3) is 0.231. The average Bonchev–Trinajstić information content (AvgIpc) is 3.06. The zero-order valence-electron chi connectivity index (χ0n) is 11.6. The Balaban J connectivity index is 1.94. The van der Waals surface area contributed by atoms with Crippen LogP contribution in [0.5, 0.6) is 5.88 Å². The summed E-state index contributed by atoms with van der Waals surface area (Å²) < 4.78 is 8.54. The van der Waals surface area contributed by atoms with E-state index >= 15 is 0 Å². The van der Waals surface area contributed by atoms with E-state index in [0.717, 1.165) is 11.1 Å². The van der Waals surface area contributed by atoms with E-state index in [9.17, 15) is 4.79 Å². The third-order valence-electron chi connectivity index (χ3n) is 3.14. The van der Waals surface area contributed by atoms with Gasteiger partial charge in [0.2, 0.25) is 5.88 Å². The summed E-state index contributed by atoms with van der Waals surface area (Å²) in [5, 5.41) is 13.7. The van der Waals surface area contributed by atoms with Crippen molar-refractivity contribution in [2.75, 3.05) is 0 Å². The maximum Gasteiger partial charge on any atom is 0.365 e. The van der Waals surface area contributed by atoms with Crippen molar-refractivity contribution in [2.24, 2.45) is 7.05 Å². The van der Waals surface area contributed by atoms with E-state index in [1.54, 1.807) is 23.0 Å². The number of hydrogen-bond acceptors (Lipinski definition) is 5. The number of aromatic nitrogens is 6. The number of aryl methyl sites for hydroxylation is 2. The highest BCUT2D eigenvalue weighted by Crippen LogP contribution is 2.19. The van der Waals surface area contributed by atoms with Crippen molar-refractivity contribution in [3.8, 4) is 11.6 Å². The van der Waals surface area contributed by atoms with Crippen molar-refractivity contribution >= 4 is 0 Å². The lowest BCUT2D eigenvalue weighted by atomic mass is 10.1. The molecule has 0 bridgehead atoms. The second kappa shape index (κ2) is 5.23. The molecule has 0 aliphatic heterocycles. The Kier molecular flexibility index (Phi) is 3.27. The van der Waals surface area contributed by atoms with Gasteiger partial charge in [-0.15, -0.1) is 5.10 Å². The molecule has 0 unspecified atom stereocenters. The minimum atomic E-state index is -0.389. The molecule has 0 fully saturated rings. The van der Waals surface area contributed by atoms with Crippen LogP contribution in [0.3, 0.4) is 0 Å². The zero-order valence-corrected chi connectivity index (χ0v) is 11.6. The number of benzene rings is 1. The Morgan fingerprint density at radius 3 is 2.86 bits per heavy atom. The molecule has 8 nitrogen and oxygen atoms in total. The minimum absolute atomic E-state index is 0.290. The van der Waals surface area contributed by atoms with Gasteiger partial charge in [-0.25, -0.2) is 9.89 Å². The Morgan fingerprint density at radius 2 is 2.19 bits per heavy atom. The van der Waals surface area contributed by atoms with Crippen LogP contribution in [0.4, 0.5) is 0 Å². The Hall–Kier alpha value is -2.90. The van der Waals surface area contributed by atoms with Gasteiger partial charge in [0, 0.05) is 24.9 Å². The molecule has 0 saturated heterocycles. The largest absolute Gasteiger partial charge is 0.472 e. The fourth-order valence-corrected chi connectivity index (χ4v) is 2.05. The van der Waals surface area contributed by atoms with Crippen LogP contribution in [0.25, 0.3) is 5.69 Å². The Morgan fingerprint density at radius 1 is 1.33 bits per heavy atom. The van der Waals surface area contributed by atoms with Gasteiger partial charge in [0.05, 0.1) is 5.69 Å². The van der Waals surface area contributed by atoms with E-state index < -0.39 is 0 Å². The fourth-order valence-electron chi connectivity index (χ4n) is 2.05. The van der Waals surface area contributed by atoms with Crippen molar-refractivity contribution < 1.29 is 4.74 Å². The molecule has 0 atom stereocenters. The van der Waals surface area contributed by atoms with Crippen LogP contribution in [0.1, 0.15) is 11.1 Å². The van der Waals surface area contributed by atoms with Crippen LogP contribution in [-0.4, -0.2) is 30.0 Å². The van der Waals surface area contributed by atoms with Gasteiger partial charge < -0.3 is 4.74 Å².